The number of piperidine rings is 2. The summed E-state index contributed by atoms with van der Waals surface area (Å²) in [4.78, 5) is 10.5. The zero-order valence-corrected chi connectivity index (χ0v) is 23.5. The molecule has 3 aliphatic heterocycles. The summed E-state index contributed by atoms with van der Waals surface area (Å²) in [5, 5.41) is 0. The molecule has 3 saturated heterocycles. The van der Waals surface area contributed by atoms with Gasteiger partial charge < -0.3 is 9.47 Å². The van der Waals surface area contributed by atoms with Gasteiger partial charge >= 0.3 is 0 Å². The van der Waals surface area contributed by atoms with Crippen LogP contribution in [-0.2, 0) is 9.47 Å². The van der Waals surface area contributed by atoms with Crippen LogP contribution >= 0.6 is 0 Å². The van der Waals surface area contributed by atoms with Gasteiger partial charge in [0.25, 0.3) is 0 Å². The topological polar surface area (TPSA) is 31.4 Å². The van der Waals surface area contributed by atoms with Gasteiger partial charge in [-0.3, -0.25) is 19.6 Å². The van der Waals surface area contributed by atoms with Crippen LogP contribution in [0.5, 0.6) is 0 Å². The summed E-state index contributed by atoms with van der Waals surface area (Å²) in [6.45, 7) is 24.0. The van der Waals surface area contributed by atoms with Crippen LogP contribution in [0.3, 0.4) is 0 Å². The number of hydrogen-bond donors (Lipinski definition) is 0. The van der Waals surface area contributed by atoms with Gasteiger partial charge in [0.1, 0.15) is 0 Å². The number of rotatable bonds is 0. The molecule has 2 atom stereocenters. The van der Waals surface area contributed by atoms with E-state index in [1.165, 1.54) is 64.5 Å². The first-order chi connectivity index (χ1) is 16.1. The highest BCUT2D eigenvalue weighted by atomic mass is 16.5. The summed E-state index contributed by atoms with van der Waals surface area (Å²) in [5.74, 6) is 0. The Balaban J connectivity index is 1.67. The van der Waals surface area contributed by atoms with Crippen LogP contribution in [0, 0.1) is 0 Å². The minimum absolute atomic E-state index is 0.171. The highest BCUT2D eigenvalue weighted by Gasteiger charge is 2.29. The molecule has 0 N–H and O–H groups in total. The second-order valence-corrected chi connectivity index (χ2v) is 12.9. The minimum Gasteiger partial charge on any atom is -0.365 e. The van der Waals surface area contributed by atoms with Crippen molar-refractivity contribution < 1.29 is 9.47 Å². The minimum atomic E-state index is 0.171. The van der Waals surface area contributed by atoms with Crippen molar-refractivity contribution in [2.75, 3.05) is 65.9 Å². The van der Waals surface area contributed by atoms with Crippen molar-refractivity contribution >= 4 is 0 Å². The van der Waals surface area contributed by atoms with E-state index in [0.29, 0.717) is 12.1 Å². The summed E-state index contributed by atoms with van der Waals surface area (Å²) < 4.78 is 12.6. The largest absolute Gasteiger partial charge is 0.365 e. The average Bonchev–Trinajstić information content (AvgIpc) is 2.77. The van der Waals surface area contributed by atoms with Gasteiger partial charge in [0.2, 0.25) is 0 Å². The molecule has 0 amide bonds. The fraction of sp³-hybridized carbons (Fsp3) is 1.00. The summed E-state index contributed by atoms with van der Waals surface area (Å²) in [6, 6.07) is 1.29. The number of ether oxygens (including phenoxy) is 2. The zero-order valence-electron chi connectivity index (χ0n) is 23.5. The predicted octanol–water partition coefficient (Wildman–Crippen LogP) is 4.64. The molecular formula is C28H56N4O2. The molecule has 34 heavy (non-hydrogen) atoms. The third-order valence-electron chi connectivity index (χ3n) is 8.39. The van der Waals surface area contributed by atoms with E-state index >= 15 is 0 Å². The van der Waals surface area contributed by atoms with Gasteiger partial charge in [0.15, 0.2) is 0 Å². The summed E-state index contributed by atoms with van der Waals surface area (Å²) in [6.07, 6.45) is 10.4. The third-order valence-corrected chi connectivity index (χ3v) is 8.39. The lowest BCUT2D eigenvalue weighted by Crippen LogP contribution is -2.49. The zero-order chi connectivity index (χ0) is 24.6. The summed E-state index contributed by atoms with van der Waals surface area (Å²) in [7, 11) is 0. The van der Waals surface area contributed by atoms with Crippen LogP contribution in [0.15, 0.2) is 0 Å². The molecule has 0 bridgehead atoms. The van der Waals surface area contributed by atoms with Crippen LogP contribution < -0.4 is 0 Å². The van der Waals surface area contributed by atoms with Crippen molar-refractivity contribution in [3.8, 4) is 0 Å². The quantitative estimate of drug-likeness (QED) is 0.502. The molecule has 0 aromatic heterocycles. The number of nitrogens with zero attached hydrogens (tertiary/aromatic N) is 4. The highest BCUT2D eigenvalue weighted by Crippen LogP contribution is 2.24. The molecule has 0 unspecified atom stereocenters. The van der Waals surface area contributed by atoms with Crippen molar-refractivity contribution in [1.82, 2.24) is 19.6 Å². The maximum atomic E-state index is 6.31. The third kappa shape index (κ3) is 9.01. The molecule has 0 aromatic carbocycles. The Morgan fingerprint density at radius 2 is 0.912 bits per heavy atom. The molecule has 3 heterocycles. The van der Waals surface area contributed by atoms with Crippen molar-refractivity contribution in [2.24, 2.45) is 0 Å². The lowest BCUT2D eigenvalue weighted by Gasteiger charge is -2.41. The van der Waals surface area contributed by atoms with E-state index in [1.54, 1.807) is 0 Å². The second kappa shape index (κ2) is 13.3. The van der Waals surface area contributed by atoms with Gasteiger partial charge in [0.05, 0.1) is 26.7 Å². The molecule has 6 heteroatoms. The van der Waals surface area contributed by atoms with E-state index in [9.17, 15) is 0 Å². The van der Waals surface area contributed by atoms with E-state index in [-0.39, 0.29) is 11.1 Å². The molecule has 0 radical (unpaired) electrons. The van der Waals surface area contributed by atoms with Crippen LogP contribution in [0.4, 0.5) is 0 Å². The van der Waals surface area contributed by atoms with Crippen molar-refractivity contribution in [3.05, 3.63) is 0 Å². The van der Waals surface area contributed by atoms with Gasteiger partial charge in [-0.25, -0.2) is 0 Å². The molecule has 0 aliphatic carbocycles. The van der Waals surface area contributed by atoms with Gasteiger partial charge in [-0.05, 0) is 80.1 Å². The van der Waals surface area contributed by atoms with Gasteiger partial charge in [-0.1, -0.05) is 12.8 Å². The van der Waals surface area contributed by atoms with Gasteiger partial charge in [0, 0.05) is 62.4 Å². The van der Waals surface area contributed by atoms with Gasteiger partial charge in [-0.2, -0.15) is 0 Å². The molecule has 0 spiro atoms. The van der Waals surface area contributed by atoms with Crippen molar-refractivity contribution in [3.63, 3.8) is 0 Å². The first-order valence-electron chi connectivity index (χ1n) is 14.3. The first kappa shape index (κ1) is 28.3. The highest BCUT2D eigenvalue weighted by molar-refractivity contribution is 4.83. The average molecular weight is 481 g/mol. The van der Waals surface area contributed by atoms with Crippen molar-refractivity contribution in [1.29, 1.82) is 0 Å². The maximum absolute atomic E-state index is 6.31. The number of hydrogen-bond acceptors (Lipinski definition) is 6. The van der Waals surface area contributed by atoms with Crippen LogP contribution in [0.1, 0.15) is 92.9 Å². The Hall–Kier alpha value is -0.240. The SMILES string of the molecule is CC(C)(C)N1CCOCN2CCCC[C@H]2CCN(C(C)(C)C)CCOCN2CCCC[C@H]2CC1. The Bertz CT molecular complexity index is 524. The fourth-order valence-corrected chi connectivity index (χ4v) is 6.00. The van der Waals surface area contributed by atoms with Crippen molar-refractivity contribution in [2.45, 2.75) is 116 Å². The van der Waals surface area contributed by atoms with E-state index in [0.717, 1.165) is 52.9 Å². The second-order valence-electron chi connectivity index (χ2n) is 12.9. The normalized spacial score (nSPS) is 30.2. The lowest BCUT2D eigenvalue weighted by molar-refractivity contribution is -0.0437. The summed E-state index contributed by atoms with van der Waals surface area (Å²) in [5.41, 5.74) is 0.342. The van der Waals surface area contributed by atoms with E-state index in [2.05, 4.69) is 61.1 Å². The Kier molecular flexibility index (Phi) is 11.1. The standard InChI is InChI=1S/C28H56N4O2/c1-27(2,3)31-17-13-25-11-7-9-15-29(25)24-34-22-20-32(28(4,5)6)18-14-26-12-8-10-16-30(26)23-33-21-19-31/h25-26H,7-24H2,1-6H3/t25-,26-/m0/s1. The first-order valence-corrected chi connectivity index (χ1v) is 14.3. The molecule has 0 aromatic rings. The Morgan fingerprint density at radius 1 is 0.500 bits per heavy atom. The lowest BCUT2D eigenvalue weighted by atomic mass is 9.98. The fourth-order valence-electron chi connectivity index (χ4n) is 6.00. The van der Waals surface area contributed by atoms with E-state index in [4.69, 9.17) is 9.47 Å². The van der Waals surface area contributed by atoms with Crippen LogP contribution in [0.2, 0.25) is 0 Å². The van der Waals surface area contributed by atoms with Gasteiger partial charge in [-0.15, -0.1) is 0 Å². The number of fused-ring (bicyclic) bond motifs is 2. The monoisotopic (exact) mass is 480 g/mol. The van der Waals surface area contributed by atoms with Crippen LogP contribution in [0.25, 0.3) is 0 Å². The molecule has 0 saturated carbocycles. The summed E-state index contributed by atoms with van der Waals surface area (Å²) >= 11 is 0. The maximum Gasteiger partial charge on any atom is 0.0993 e. The Labute approximate surface area is 211 Å². The molecular weight excluding hydrogens is 424 g/mol. The smallest absolute Gasteiger partial charge is 0.0993 e. The molecule has 6 nitrogen and oxygen atoms in total. The van der Waals surface area contributed by atoms with E-state index < -0.39 is 0 Å². The van der Waals surface area contributed by atoms with Crippen LogP contribution in [-0.4, -0.2) is 109 Å². The van der Waals surface area contributed by atoms with E-state index in [1.807, 2.05) is 0 Å². The molecule has 3 fully saturated rings. The predicted molar refractivity (Wildman–Crippen MR) is 142 cm³/mol. The Morgan fingerprint density at radius 3 is 1.29 bits per heavy atom. The molecule has 3 rings (SSSR count). The molecule has 200 valence electrons. The molecule has 3 aliphatic rings.